The number of carbonyl (C=O) groups excluding carboxylic acids is 2. The number of hydrogen-bond donors (Lipinski definition) is 3. The van der Waals surface area contributed by atoms with Crippen LogP contribution in [-0.4, -0.2) is 40.8 Å². The Kier molecular flexibility index (Phi) is 6.71. The van der Waals surface area contributed by atoms with Crippen molar-refractivity contribution in [2.24, 2.45) is 5.92 Å². The molecule has 0 aromatic rings. The number of rotatable bonds is 6. The number of aliphatic carboxylic acids is 1. The van der Waals surface area contributed by atoms with Gasteiger partial charge in [0.05, 0.1) is 5.33 Å². The number of alkyl halides is 1. The third kappa shape index (κ3) is 5.69. The van der Waals surface area contributed by atoms with Crippen LogP contribution < -0.4 is 10.6 Å². The Labute approximate surface area is 102 Å². The highest BCUT2D eigenvalue weighted by atomic mass is 79.9. The average Bonchev–Trinajstić information content (AvgIpc) is 2.21. The first-order valence-corrected chi connectivity index (χ1v) is 5.85. The molecule has 0 spiro atoms. The van der Waals surface area contributed by atoms with Crippen molar-refractivity contribution in [3.63, 3.8) is 0 Å². The molecule has 0 fully saturated rings. The monoisotopic (exact) mass is 294 g/mol. The molecule has 0 aliphatic heterocycles. The molecular formula is C9H15BrN2O4. The molecule has 2 amide bonds. The van der Waals surface area contributed by atoms with Gasteiger partial charge in [-0.2, -0.15) is 0 Å². The maximum Gasteiger partial charge on any atom is 0.322 e. The van der Waals surface area contributed by atoms with Crippen LogP contribution >= 0.6 is 15.9 Å². The topological polar surface area (TPSA) is 95.5 Å². The quantitative estimate of drug-likeness (QED) is 0.587. The molecule has 0 aromatic heterocycles. The van der Waals surface area contributed by atoms with Gasteiger partial charge in [0.25, 0.3) is 0 Å². The molecule has 0 aliphatic carbocycles. The number of halogens is 1. The molecule has 0 saturated heterocycles. The normalized spacial score (nSPS) is 12.0. The highest BCUT2D eigenvalue weighted by Gasteiger charge is 2.23. The summed E-state index contributed by atoms with van der Waals surface area (Å²) in [5.74, 6) is -2.05. The van der Waals surface area contributed by atoms with Gasteiger partial charge in [0, 0.05) is 0 Å². The van der Waals surface area contributed by atoms with Crippen LogP contribution in [0.2, 0.25) is 0 Å². The molecule has 0 aliphatic rings. The minimum absolute atomic E-state index is 0.0996. The second kappa shape index (κ2) is 7.21. The summed E-state index contributed by atoms with van der Waals surface area (Å²) in [6.45, 7) is 3.07. The van der Waals surface area contributed by atoms with Crippen LogP contribution in [0.25, 0.3) is 0 Å². The van der Waals surface area contributed by atoms with Crippen LogP contribution in [0.3, 0.4) is 0 Å². The van der Waals surface area contributed by atoms with Gasteiger partial charge in [-0.15, -0.1) is 0 Å². The molecule has 16 heavy (non-hydrogen) atoms. The van der Waals surface area contributed by atoms with Gasteiger partial charge in [0.2, 0.25) is 11.8 Å². The molecule has 0 rings (SSSR count). The zero-order valence-electron chi connectivity index (χ0n) is 9.12. The van der Waals surface area contributed by atoms with Crippen LogP contribution in [0.5, 0.6) is 0 Å². The van der Waals surface area contributed by atoms with E-state index in [0.29, 0.717) is 0 Å². The largest absolute Gasteiger partial charge is 0.480 e. The first-order valence-electron chi connectivity index (χ1n) is 4.73. The predicted molar refractivity (Wildman–Crippen MR) is 61.2 cm³/mol. The molecule has 0 saturated carbocycles. The lowest BCUT2D eigenvalue weighted by atomic mass is 10.0. The first kappa shape index (κ1) is 14.9. The zero-order chi connectivity index (χ0) is 12.7. The smallest absolute Gasteiger partial charge is 0.322 e. The van der Waals surface area contributed by atoms with E-state index < -0.39 is 24.5 Å². The zero-order valence-corrected chi connectivity index (χ0v) is 10.7. The lowest BCUT2D eigenvalue weighted by Gasteiger charge is -2.20. The molecule has 6 nitrogen and oxygen atoms in total. The molecule has 3 N–H and O–H groups in total. The van der Waals surface area contributed by atoms with E-state index in [1.807, 2.05) is 0 Å². The van der Waals surface area contributed by atoms with Gasteiger partial charge in [-0.3, -0.25) is 14.4 Å². The van der Waals surface area contributed by atoms with Gasteiger partial charge in [0.15, 0.2) is 0 Å². The Morgan fingerprint density at radius 3 is 2.25 bits per heavy atom. The predicted octanol–water partition coefficient (Wildman–Crippen LogP) is -0.277. The lowest BCUT2D eigenvalue weighted by molar-refractivity contribution is -0.138. The third-order valence-corrected chi connectivity index (χ3v) is 2.31. The van der Waals surface area contributed by atoms with Gasteiger partial charge < -0.3 is 15.7 Å². The summed E-state index contributed by atoms with van der Waals surface area (Å²) in [5, 5.41) is 13.2. The maximum absolute atomic E-state index is 11.5. The fourth-order valence-corrected chi connectivity index (χ4v) is 1.18. The summed E-state index contributed by atoms with van der Waals surface area (Å²) in [7, 11) is 0. The SMILES string of the molecule is CC(C)C(NC(=O)CBr)C(=O)NCC(=O)O. The fourth-order valence-electron chi connectivity index (χ4n) is 1.02. The van der Waals surface area contributed by atoms with Gasteiger partial charge in [-0.05, 0) is 5.92 Å². The summed E-state index contributed by atoms with van der Waals surface area (Å²) < 4.78 is 0. The number of carboxylic acids is 1. The molecule has 0 heterocycles. The van der Waals surface area contributed by atoms with Crippen molar-refractivity contribution < 1.29 is 19.5 Å². The Balaban J connectivity index is 4.35. The summed E-state index contributed by atoms with van der Waals surface area (Å²) in [6, 6.07) is -0.718. The first-order chi connectivity index (χ1) is 7.38. The Bertz CT molecular complexity index is 281. The minimum Gasteiger partial charge on any atom is -0.480 e. The summed E-state index contributed by atoms with van der Waals surface area (Å²) >= 11 is 2.97. The lowest BCUT2D eigenvalue weighted by Crippen LogP contribution is -2.50. The van der Waals surface area contributed by atoms with Crippen molar-refractivity contribution in [3.05, 3.63) is 0 Å². The standard InChI is InChI=1S/C9H15BrN2O4/c1-5(2)8(12-6(13)3-10)9(16)11-4-7(14)15/h5,8H,3-4H2,1-2H3,(H,11,16)(H,12,13)(H,14,15). The van der Waals surface area contributed by atoms with Gasteiger partial charge in [-0.25, -0.2) is 0 Å². The van der Waals surface area contributed by atoms with Gasteiger partial charge in [0.1, 0.15) is 12.6 Å². The van der Waals surface area contributed by atoms with Crippen LogP contribution in [0.15, 0.2) is 0 Å². The Morgan fingerprint density at radius 1 is 1.31 bits per heavy atom. The molecular weight excluding hydrogens is 280 g/mol. The van der Waals surface area contributed by atoms with E-state index in [9.17, 15) is 14.4 Å². The number of hydrogen-bond acceptors (Lipinski definition) is 3. The van der Waals surface area contributed by atoms with E-state index in [0.717, 1.165) is 0 Å². The minimum atomic E-state index is -1.12. The van der Waals surface area contributed by atoms with E-state index in [1.54, 1.807) is 13.8 Å². The van der Waals surface area contributed by atoms with Crippen molar-refractivity contribution in [2.45, 2.75) is 19.9 Å². The molecule has 1 unspecified atom stereocenters. The number of carboxylic acid groups (broad SMARTS) is 1. The highest BCUT2D eigenvalue weighted by Crippen LogP contribution is 2.02. The Morgan fingerprint density at radius 2 is 1.88 bits per heavy atom. The van der Waals surface area contributed by atoms with E-state index in [4.69, 9.17) is 5.11 Å². The van der Waals surface area contributed by atoms with E-state index in [2.05, 4.69) is 26.6 Å². The van der Waals surface area contributed by atoms with Crippen molar-refractivity contribution in [1.82, 2.24) is 10.6 Å². The maximum atomic E-state index is 11.5. The summed E-state index contributed by atoms with van der Waals surface area (Å²) in [6.07, 6.45) is 0. The van der Waals surface area contributed by atoms with E-state index in [1.165, 1.54) is 0 Å². The number of carbonyl (C=O) groups is 3. The molecule has 0 radical (unpaired) electrons. The van der Waals surface area contributed by atoms with Crippen LogP contribution in [0.4, 0.5) is 0 Å². The van der Waals surface area contributed by atoms with Crippen molar-refractivity contribution >= 4 is 33.7 Å². The second-order valence-electron chi connectivity index (χ2n) is 3.53. The van der Waals surface area contributed by atoms with E-state index in [-0.39, 0.29) is 17.2 Å². The molecule has 0 bridgehead atoms. The summed E-state index contributed by atoms with van der Waals surface area (Å²) in [5.41, 5.74) is 0. The van der Waals surface area contributed by atoms with Crippen LogP contribution in [0.1, 0.15) is 13.8 Å². The molecule has 0 aromatic carbocycles. The molecule has 92 valence electrons. The average molecular weight is 295 g/mol. The molecule has 1 atom stereocenters. The molecule has 7 heteroatoms. The number of nitrogens with one attached hydrogen (secondary N) is 2. The fraction of sp³-hybridized carbons (Fsp3) is 0.667. The summed E-state index contributed by atoms with van der Waals surface area (Å²) in [4.78, 5) is 32.9. The van der Waals surface area contributed by atoms with Crippen molar-refractivity contribution in [3.8, 4) is 0 Å². The van der Waals surface area contributed by atoms with Crippen LogP contribution in [0, 0.1) is 5.92 Å². The highest BCUT2D eigenvalue weighted by molar-refractivity contribution is 9.09. The van der Waals surface area contributed by atoms with Crippen molar-refractivity contribution in [1.29, 1.82) is 0 Å². The van der Waals surface area contributed by atoms with Gasteiger partial charge >= 0.3 is 5.97 Å². The van der Waals surface area contributed by atoms with Crippen LogP contribution in [-0.2, 0) is 14.4 Å². The Hall–Kier alpha value is -1.11. The van der Waals surface area contributed by atoms with E-state index >= 15 is 0 Å². The van der Waals surface area contributed by atoms with Crippen molar-refractivity contribution in [2.75, 3.05) is 11.9 Å². The number of amides is 2. The van der Waals surface area contributed by atoms with Gasteiger partial charge in [-0.1, -0.05) is 29.8 Å². The second-order valence-corrected chi connectivity index (χ2v) is 4.10. The third-order valence-electron chi connectivity index (χ3n) is 1.80.